The van der Waals surface area contributed by atoms with Gasteiger partial charge >= 0.3 is 5.97 Å². The number of carboxylic acids is 1. The maximum atomic E-state index is 12.0. The van der Waals surface area contributed by atoms with E-state index in [0.29, 0.717) is 0 Å². The van der Waals surface area contributed by atoms with Gasteiger partial charge in [-0.2, -0.15) is 5.10 Å². The van der Waals surface area contributed by atoms with Crippen molar-refractivity contribution in [3.8, 4) is 0 Å². The number of anilines is 1. The number of hydrogen-bond donors (Lipinski definition) is 2. The summed E-state index contributed by atoms with van der Waals surface area (Å²) < 4.78 is 1.45. The molecule has 2 aromatic rings. The van der Waals surface area contributed by atoms with Crippen molar-refractivity contribution in [2.45, 2.75) is 0 Å². The Morgan fingerprint density at radius 1 is 1.35 bits per heavy atom. The quantitative estimate of drug-likeness (QED) is 0.912. The van der Waals surface area contributed by atoms with Crippen LogP contribution in [-0.2, 0) is 7.05 Å². The fourth-order valence-corrected chi connectivity index (χ4v) is 2.13. The van der Waals surface area contributed by atoms with Crippen molar-refractivity contribution in [2.24, 2.45) is 7.05 Å². The summed E-state index contributed by atoms with van der Waals surface area (Å²) in [5, 5.41) is 15.7. The zero-order valence-corrected chi connectivity index (χ0v) is 11.7. The van der Waals surface area contributed by atoms with Crippen LogP contribution in [0.4, 0.5) is 5.69 Å². The first kappa shape index (κ1) is 14.4. The van der Waals surface area contributed by atoms with Gasteiger partial charge < -0.3 is 10.4 Å². The smallest absolute Gasteiger partial charge is 0.337 e. The number of halogens is 2. The lowest BCUT2D eigenvalue weighted by Crippen LogP contribution is -2.15. The molecule has 1 heterocycles. The third-order valence-corrected chi connectivity index (χ3v) is 3.01. The predicted molar refractivity (Wildman–Crippen MR) is 74.6 cm³/mol. The van der Waals surface area contributed by atoms with Gasteiger partial charge in [0.05, 0.1) is 28.0 Å². The van der Waals surface area contributed by atoms with Crippen molar-refractivity contribution >= 4 is 40.8 Å². The van der Waals surface area contributed by atoms with Gasteiger partial charge in [0.15, 0.2) is 0 Å². The number of aromatic carboxylic acids is 1. The molecule has 2 rings (SSSR count). The Morgan fingerprint density at radius 3 is 2.60 bits per heavy atom. The lowest BCUT2D eigenvalue weighted by atomic mass is 10.1. The van der Waals surface area contributed by atoms with E-state index >= 15 is 0 Å². The molecule has 8 heteroatoms. The molecule has 1 aromatic heterocycles. The Hall–Kier alpha value is -2.05. The van der Waals surface area contributed by atoms with Crippen LogP contribution >= 0.6 is 23.2 Å². The van der Waals surface area contributed by atoms with E-state index in [0.717, 1.165) is 0 Å². The standard InChI is InChI=1S/C12H9Cl2N3O3/c1-17-5-6(4-15-17)11(18)16-10-8(12(19)20)2-7(13)3-9(10)14/h2-5H,1H3,(H,16,18)(H,19,20). The van der Waals surface area contributed by atoms with E-state index in [1.807, 2.05) is 0 Å². The molecule has 0 radical (unpaired) electrons. The van der Waals surface area contributed by atoms with Gasteiger partial charge in [0, 0.05) is 18.3 Å². The number of hydrogen-bond acceptors (Lipinski definition) is 3. The number of carbonyl (C=O) groups excluding carboxylic acids is 1. The largest absolute Gasteiger partial charge is 0.478 e. The lowest BCUT2D eigenvalue weighted by Gasteiger charge is -2.10. The Bertz CT molecular complexity index is 697. The van der Waals surface area contributed by atoms with E-state index in [1.165, 1.54) is 29.2 Å². The molecule has 6 nitrogen and oxygen atoms in total. The summed E-state index contributed by atoms with van der Waals surface area (Å²) in [6.07, 6.45) is 2.86. The molecule has 1 aromatic carbocycles. The molecule has 0 saturated heterocycles. The zero-order valence-electron chi connectivity index (χ0n) is 10.2. The highest BCUT2D eigenvalue weighted by molar-refractivity contribution is 6.38. The summed E-state index contributed by atoms with van der Waals surface area (Å²) in [6, 6.07) is 2.57. The highest BCUT2D eigenvalue weighted by Gasteiger charge is 2.18. The van der Waals surface area contributed by atoms with Gasteiger partial charge in [0.2, 0.25) is 0 Å². The number of aryl methyl sites for hydroxylation is 1. The summed E-state index contributed by atoms with van der Waals surface area (Å²) in [4.78, 5) is 23.2. The average Bonchev–Trinajstić information content (AvgIpc) is 2.78. The summed E-state index contributed by atoms with van der Waals surface area (Å²) in [6.45, 7) is 0. The molecule has 1 amide bonds. The van der Waals surface area contributed by atoms with Crippen LogP contribution in [0.2, 0.25) is 10.0 Å². The monoisotopic (exact) mass is 313 g/mol. The van der Waals surface area contributed by atoms with Crippen molar-refractivity contribution < 1.29 is 14.7 Å². The molecular weight excluding hydrogens is 305 g/mol. The second kappa shape index (κ2) is 5.52. The molecular formula is C12H9Cl2N3O3. The van der Waals surface area contributed by atoms with Crippen molar-refractivity contribution in [3.05, 3.63) is 45.7 Å². The van der Waals surface area contributed by atoms with Gasteiger partial charge in [-0.05, 0) is 12.1 Å². The molecule has 0 aliphatic carbocycles. The minimum atomic E-state index is -1.24. The topological polar surface area (TPSA) is 84.2 Å². The van der Waals surface area contributed by atoms with Crippen LogP contribution in [0.5, 0.6) is 0 Å². The minimum absolute atomic E-state index is 0.00239. The van der Waals surface area contributed by atoms with Crippen LogP contribution in [-0.4, -0.2) is 26.8 Å². The summed E-state index contributed by atoms with van der Waals surface area (Å²) >= 11 is 11.7. The van der Waals surface area contributed by atoms with Crippen LogP contribution in [0.25, 0.3) is 0 Å². The van der Waals surface area contributed by atoms with Crippen LogP contribution < -0.4 is 5.32 Å². The third-order valence-electron chi connectivity index (χ3n) is 2.49. The van der Waals surface area contributed by atoms with E-state index < -0.39 is 11.9 Å². The first-order chi connectivity index (χ1) is 9.38. The molecule has 0 atom stereocenters. The highest BCUT2D eigenvalue weighted by Crippen LogP contribution is 2.30. The Kier molecular flexibility index (Phi) is 3.96. The van der Waals surface area contributed by atoms with Gasteiger partial charge in [0.25, 0.3) is 5.91 Å². The van der Waals surface area contributed by atoms with Crippen LogP contribution in [0.15, 0.2) is 24.5 Å². The maximum absolute atomic E-state index is 12.0. The molecule has 0 saturated carbocycles. The number of amides is 1. The average molecular weight is 314 g/mol. The third kappa shape index (κ3) is 2.92. The number of benzene rings is 1. The minimum Gasteiger partial charge on any atom is -0.478 e. The summed E-state index contributed by atoms with van der Waals surface area (Å²) in [5.74, 6) is -1.75. The van der Waals surface area contributed by atoms with Crippen molar-refractivity contribution in [3.63, 3.8) is 0 Å². The Morgan fingerprint density at radius 2 is 2.05 bits per heavy atom. The van der Waals surface area contributed by atoms with Gasteiger partial charge in [-0.1, -0.05) is 23.2 Å². The molecule has 0 aliphatic heterocycles. The normalized spacial score (nSPS) is 10.3. The van der Waals surface area contributed by atoms with Crippen molar-refractivity contribution in [1.82, 2.24) is 9.78 Å². The molecule has 0 spiro atoms. The highest BCUT2D eigenvalue weighted by atomic mass is 35.5. The number of nitrogens with one attached hydrogen (secondary N) is 1. The van der Waals surface area contributed by atoms with Crippen LogP contribution in [0.1, 0.15) is 20.7 Å². The SMILES string of the molecule is Cn1cc(C(=O)Nc2c(Cl)cc(Cl)cc2C(=O)O)cn1. The van der Waals surface area contributed by atoms with E-state index in [9.17, 15) is 9.59 Å². The lowest BCUT2D eigenvalue weighted by molar-refractivity contribution is 0.0698. The molecule has 0 unspecified atom stereocenters. The number of carboxylic acid groups (broad SMARTS) is 1. The molecule has 2 N–H and O–H groups in total. The molecule has 0 bridgehead atoms. The number of aromatic nitrogens is 2. The van der Waals surface area contributed by atoms with E-state index in [1.54, 1.807) is 7.05 Å². The second-order valence-electron chi connectivity index (χ2n) is 3.97. The van der Waals surface area contributed by atoms with E-state index in [4.69, 9.17) is 28.3 Å². The number of carbonyl (C=O) groups is 2. The van der Waals surface area contributed by atoms with E-state index in [2.05, 4.69) is 10.4 Å². The fraction of sp³-hybridized carbons (Fsp3) is 0.0833. The first-order valence-electron chi connectivity index (χ1n) is 5.41. The van der Waals surface area contributed by atoms with Gasteiger partial charge in [-0.3, -0.25) is 9.48 Å². The second-order valence-corrected chi connectivity index (χ2v) is 4.82. The number of nitrogens with zero attached hydrogens (tertiary/aromatic N) is 2. The van der Waals surface area contributed by atoms with E-state index in [-0.39, 0.29) is 26.9 Å². The molecule has 20 heavy (non-hydrogen) atoms. The molecule has 0 aliphatic rings. The zero-order chi connectivity index (χ0) is 14.9. The van der Waals surface area contributed by atoms with Gasteiger partial charge in [-0.25, -0.2) is 4.79 Å². The van der Waals surface area contributed by atoms with Crippen molar-refractivity contribution in [1.29, 1.82) is 0 Å². The Labute approximate surface area is 123 Å². The Balaban J connectivity index is 2.38. The first-order valence-corrected chi connectivity index (χ1v) is 6.16. The van der Waals surface area contributed by atoms with Crippen LogP contribution in [0, 0.1) is 0 Å². The summed E-state index contributed by atoms with van der Waals surface area (Å²) in [5.41, 5.74) is 0.104. The number of rotatable bonds is 3. The molecule has 104 valence electrons. The maximum Gasteiger partial charge on any atom is 0.337 e. The van der Waals surface area contributed by atoms with Gasteiger partial charge in [-0.15, -0.1) is 0 Å². The van der Waals surface area contributed by atoms with Gasteiger partial charge in [0.1, 0.15) is 0 Å². The summed E-state index contributed by atoms with van der Waals surface area (Å²) in [7, 11) is 1.66. The van der Waals surface area contributed by atoms with Crippen LogP contribution in [0.3, 0.4) is 0 Å². The fourth-order valence-electron chi connectivity index (χ4n) is 1.59. The predicted octanol–water partition coefficient (Wildman–Crippen LogP) is 2.68. The van der Waals surface area contributed by atoms with Crippen molar-refractivity contribution in [2.75, 3.05) is 5.32 Å². The molecule has 0 fully saturated rings.